The van der Waals surface area contributed by atoms with Gasteiger partial charge in [0.1, 0.15) is 0 Å². The number of aliphatic hydroxyl groups is 1. The van der Waals surface area contributed by atoms with E-state index in [0.717, 1.165) is 24.9 Å². The van der Waals surface area contributed by atoms with E-state index in [9.17, 15) is 5.11 Å². The molecule has 3 heteroatoms. The van der Waals surface area contributed by atoms with Crippen LogP contribution in [0.15, 0.2) is 0 Å². The lowest BCUT2D eigenvalue weighted by atomic mass is 9.80. The van der Waals surface area contributed by atoms with Gasteiger partial charge in [0.15, 0.2) is 0 Å². The van der Waals surface area contributed by atoms with Gasteiger partial charge in [-0.15, -0.1) is 0 Å². The van der Waals surface area contributed by atoms with E-state index in [4.69, 9.17) is 0 Å². The average molecular weight is 252 g/mol. The van der Waals surface area contributed by atoms with Crippen LogP contribution in [-0.2, 0) is 0 Å². The lowest BCUT2D eigenvalue weighted by molar-refractivity contribution is 0.0135. The molecule has 0 radical (unpaired) electrons. The van der Waals surface area contributed by atoms with Gasteiger partial charge in [-0.25, -0.2) is 0 Å². The first-order valence-corrected chi connectivity index (χ1v) is 7.87. The van der Waals surface area contributed by atoms with Crippen LogP contribution >= 0.6 is 0 Å². The van der Waals surface area contributed by atoms with Gasteiger partial charge in [-0.2, -0.15) is 0 Å². The maximum absolute atomic E-state index is 10.2. The normalized spacial score (nSPS) is 43.0. The van der Waals surface area contributed by atoms with Crippen molar-refractivity contribution in [2.75, 3.05) is 32.7 Å². The Bertz CT molecular complexity index is 284. The molecule has 3 aliphatic rings. The van der Waals surface area contributed by atoms with E-state index in [1.165, 1.54) is 51.9 Å². The van der Waals surface area contributed by atoms with Crippen LogP contribution in [0, 0.1) is 11.8 Å². The molecule has 0 bridgehead atoms. The van der Waals surface area contributed by atoms with Gasteiger partial charge >= 0.3 is 0 Å². The molecule has 0 aromatic rings. The van der Waals surface area contributed by atoms with E-state index >= 15 is 0 Å². The molecule has 1 aliphatic carbocycles. The molecule has 1 N–H and O–H groups in total. The Hall–Kier alpha value is -0.120. The Morgan fingerprint density at radius 3 is 2.89 bits per heavy atom. The minimum Gasteiger partial charge on any atom is -0.393 e. The lowest BCUT2D eigenvalue weighted by Crippen LogP contribution is -2.52. The van der Waals surface area contributed by atoms with Crippen molar-refractivity contribution in [3.05, 3.63) is 0 Å². The summed E-state index contributed by atoms with van der Waals surface area (Å²) in [6.07, 6.45) is 6.21. The second-order valence-corrected chi connectivity index (χ2v) is 6.84. The largest absolute Gasteiger partial charge is 0.393 e. The van der Waals surface area contributed by atoms with E-state index in [1.807, 2.05) is 0 Å². The van der Waals surface area contributed by atoms with Gasteiger partial charge in [-0.05, 0) is 50.5 Å². The first kappa shape index (κ1) is 12.9. The predicted molar refractivity (Wildman–Crippen MR) is 73.5 cm³/mol. The van der Waals surface area contributed by atoms with Crippen molar-refractivity contribution in [1.82, 2.24) is 9.80 Å². The average Bonchev–Trinajstić information content (AvgIpc) is 2.81. The zero-order valence-corrected chi connectivity index (χ0v) is 11.7. The van der Waals surface area contributed by atoms with Crippen molar-refractivity contribution < 1.29 is 5.11 Å². The molecule has 2 aliphatic heterocycles. The van der Waals surface area contributed by atoms with Crippen molar-refractivity contribution in [2.24, 2.45) is 11.8 Å². The molecule has 4 unspecified atom stereocenters. The van der Waals surface area contributed by atoms with Crippen molar-refractivity contribution in [2.45, 2.75) is 51.2 Å². The summed E-state index contributed by atoms with van der Waals surface area (Å²) in [5.74, 6) is 1.34. The van der Waals surface area contributed by atoms with Crippen LogP contribution in [0.5, 0.6) is 0 Å². The number of nitrogens with zero attached hydrogens (tertiary/aromatic N) is 2. The predicted octanol–water partition coefficient (Wildman–Crippen LogP) is 1.56. The fraction of sp³-hybridized carbons (Fsp3) is 1.00. The Morgan fingerprint density at radius 2 is 2.00 bits per heavy atom. The van der Waals surface area contributed by atoms with Crippen LogP contribution in [0.1, 0.15) is 39.0 Å². The highest BCUT2D eigenvalue weighted by Gasteiger charge is 2.33. The molecule has 4 atom stereocenters. The summed E-state index contributed by atoms with van der Waals surface area (Å²) in [5, 5.41) is 10.2. The summed E-state index contributed by atoms with van der Waals surface area (Å²) in [6, 6.07) is 0.817. The molecule has 18 heavy (non-hydrogen) atoms. The zero-order chi connectivity index (χ0) is 12.5. The van der Waals surface area contributed by atoms with Crippen molar-refractivity contribution >= 4 is 0 Å². The summed E-state index contributed by atoms with van der Waals surface area (Å²) < 4.78 is 0. The zero-order valence-electron chi connectivity index (χ0n) is 11.7. The molecule has 0 aromatic heterocycles. The fourth-order valence-electron chi connectivity index (χ4n) is 4.23. The summed E-state index contributed by atoms with van der Waals surface area (Å²) in [6.45, 7) is 8.51. The second kappa shape index (κ2) is 5.48. The van der Waals surface area contributed by atoms with Gasteiger partial charge in [0.25, 0.3) is 0 Å². The number of hydrogen-bond acceptors (Lipinski definition) is 3. The molecular weight excluding hydrogens is 224 g/mol. The highest BCUT2D eigenvalue weighted by molar-refractivity contribution is 4.89. The molecular formula is C15H28N2O. The molecule has 104 valence electrons. The summed E-state index contributed by atoms with van der Waals surface area (Å²) in [5.41, 5.74) is 0. The van der Waals surface area contributed by atoms with Gasteiger partial charge in [0.2, 0.25) is 0 Å². The number of rotatable bonds is 2. The standard InChI is InChI=1S/C15H28N2O/c1-12-4-5-15(18)13(9-12)10-16-7-8-17-6-2-3-14(17)11-16/h12-15,18H,2-11H2,1H3. The molecule has 3 nitrogen and oxygen atoms in total. The summed E-state index contributed by atoms with van der Waals surface area (Å²) in [4.78, 5) is 5.29. The third-order valence-electron chi connectivity index (χ3n) is 5.37. The molecule has 0 aromatic carbocycles. The van der Waals surface area contributed by atoms with Crippen LogP contribution in [0.4, 0.5) is 0 Å². The van der Waals surface area contributed by atoms with E-state index in [-0.39, 0.29) is 6.10 Å². The fourth-order valence-corrected chi connectivity index (χ4v) is 4.23. The second-order valence-electron chi connectivity index (χ2n) is 6.84. The van der Waals surface area contributed by atoms with Gasteiger partial charge in [0.05, 0.1) is 6.10 Å². The Labute approximate surface area is 111 Å². The first-order valence-electron chi connectivity index (χ1n) is 7.87. The van der Waals surface area contributed by atoms with Crippen molar-refractivity contribution in [1.29, 1.82) is 0 Å². The molecule has 2 heterocycles. The van der Waals surface area contributed by atoms with Crippen LogP contribution in [0.25, 0.3) is 0 Å². The van der Waals surface area contributed by atoms with Crippen molar-refractivity contribution in [3.8, 4) is 0 Å². The number of piperazine rings is 1. The molecule has 1 saturated carbocycles. The number of aliphatic hydroxyl groups excluding tert-OH is 1. The smallest absolute Gasteiger partial charge is 0.0580 e. The molecule has 0 spiro atoms. The minimum absolute atomic E-state index is 0.0391. The number of hydrogen-bond donors (Lipinski definition) is 1. The molecule has 3 rings (SSSR count). The maximum Gasteiger partial charge on any atom is 0.0580 e. The number of fused-ring (bicyclic) bond motifs is 1. The third kappa shape index (κ3) is 2.73. The van der Waals surface area contributed by atoms with Crippen LogP contribution < -0.4 is 0 Å². The van der Waals surface area contributed by atoms with E-state index < -0.39 is 0 Å². The first-order chi connectivity index (χ1) is 8.72. The van der Waals surface area contributed by atoms with E-state index in [1.54, 1.807) is 0 Å². The minimum atomic E-state index is -0.0391. The van der Waals surface area contributed by atoms with Crippen LogP contribution in [-0.4, -0.2) is 59.8 Å². The topological polar surface area (TPSA) is 26.7 Å². The molecule has 2 saturated heterocycles. The van der Waals surface area contributed by atoms with Gasteiger partial charge in [0, 0.05) is 32.2 Å². The molecule has 0 amide bonds. The molecule has 3 fully saturated rings. The monoisotopic (exact) mass is 252 g/mol. The van der Waals surface area contributed by atoms with Crippen molar-refractivity contribution in [3.63, 3.8) is 0 Å². The van der Waals surface area contributed by atoms with Gasteiger partial charge in [-0.3, -0.25) is 4.90 Å². The summed E-state index contributed by atoms with van der Waals surface area (Å²) in [7, 11) is 0. The summed E-state index contributed by atoms with van der Waals surface area (Å²) >= 11 is 0. The van der Waals surface area contributed by atoms with Gasteiger partial charge < -0.3 is 10.0 Å². The highest BCUT2D eigenvalue weighted by Crippen LogP contribution is 2.30. The van der Waals surface area contributed by atoms with E-state index in [0.29, 0.717) is 5.92 Å². The SMILES string of the molecule is CC1CCC(O)C(CN2CCN3CCCC3C2)C1. The Kier molecular flexibility index (Phi) is 3.92. The quantitative estimate of drug-likeness (QED) is 0.808. The third-order valence-corrected chi connectivity index (χ3v) is 5.37. The Morgan fingerprint density at radius 1 is 1.11 bits per heavy atom. The van der Waals surface area contributed by atoms with E-state index in [2.05, 4.69) is 16.7 Å². The highest BCUT2D eigenvalue weighted by atomic mass is 16.3. The lowest BCUT2D eigenvalue weighted by Gasteiger charge is -2.41. The van der Waals surface area contributed by atoms with Gasteiger partial charge in [-0.1, -0.05) is 6.92 Å². The Balaban J connectivity index is 1.52. The van der Waals surface area contributed by atoms with Crippen LogP contribution in [0.2, 0.25) is 0 Å². The van der Waals surface area contributed by atoms with Crippen LogP contribution in [0.3, 0.4) is 0 Å². The maximum atomic E-state index is 10.2.